The van der Waals surface area contributed by atoms with E-state index in [1.165, 1.54) is 12.2 Å². The van der Waals surface area contributed by atoms with E-state index in [1.54, 1.807) is 19.1 Å². The zero-order valence-electron chi connectivity index (χ0n) is 15.1. The molecule has 3 N–H and O–H groups in total. The number of carbonyl (C=O) groups is 3. The summed E-state index contributed by atoms with van der Waals surface area (Å²) in [5.41, 5.74) is 7.77. The fourth-order valence-corrected chi connectivity index (χ4v) is 2.42. The first-order chi connectivity index (χ1) is 13.0. The van der Waals surface area contributed by atoms with Crippen LogP contribution in [0.2, 0.25) is 0 Å². The monoisotopic (exact) mass is 366 g/mol. The molecule has 1 atom stereocenters. The van der Waals surface area contributed by atoms with E-state index in [-0.39, 0.29) is 13.0 Å². The molecule has 0 bridgehead atoms. The second-order valence-electron chi connectivity index (χ2n) is 5.76. The van der Waals surface area contributed by atoms with Gasteiger partial charge in [0, 0.05) is 11.6 Å². The number of amides is 2. The highest BCUT2D eigenvalue weighted by atomic mass is 16.5. The molecule has 6 heteroatoms. The molecule has 0 aromatic heterocycles. The number of primary amides is 1. The van der Waals surface area contributed by atoms with Crippen molar-refractivity contribution >= 4 is 17.8 Å². The van der Waals surface area contributed by atoms with Gasteiger partial charge < -0.3 is 15.8 Å². The minimum atomic E-state index is -0.919. The first kappa shape index (κ1) is 19.9. The number of ether oxygens (including phenoxy) is 1. The van der Waals surface area contributed by atoms with Crippen LogP contribution in [0.4, 0.5) is 0 Å². The summed E-state index contributed by atoms with van der Waals surface area (Å²) in [5.74, 6) is -1.61. The number of nitrogens with two attached hydrogens (primary N) is 1. The lowest BCUT2D eigenvalue weighted by atomic mass is 10.0. The maximum atomic E-state index is 12.4. The van der Waals surface area contributed by atoms with Crippen LogP contribution >= 0.6 is 0 Å². The molecule has 2 rings (SSSR count). The van der Waals surface area contributed by atoms with Gasteiger partial charge in [0.25, 0.3) is 5.91 Å². The smallest absolute Gasteiger partial charge is 0.330 e. The second kappa shape index (κ2) is 9.91. The van der Waals surface area contributed by atoms with Crippen molar-refractivity contribution in [2.24, 2.45) is 5.73 Å². The van der Waals surface area contributed by atoms with Crippen LogP contribution in [0.15, 0.2) is 66.7 Å². The molecule has 140 valence electrons. The van der Waals surface area contributed by atoms with Gasteiger partial charge in [0.15, 0.2) is 0 Å². The van der Waals surface area contributed by atoms with Crippen LogP contribution in [0.1, 0.15) is 23.7 Å². The Hall–Kier alpha value is -3.41. The molecule has 0 aliphatic heterocycles. The summed E-state index contributed by atoms with van der Waals surface area (Å²) in [7, 11) is 0. The molecule has 2 aromatic rings. The number of nitrogens with one attached hydrogen (secondary N) is 1. The van der Waals surface area contributed by atoms with Gasteiger partial charge in [-0.05, 0) is 36.6 Å². The summed E-state index contributed by atoms with van der Waals surface area (Å²) in [6, 6.07) is 15.9. The largest absolute Gasteiger partial charge is 0.463 e. The predicted octanol–water partition coefficient (Wildman–Crippen LogP) is 2.45. The van der Waals surface area contributed by atoms with Crippen LogP contribution < -0.4 is 11.1 Å². The fraction of sp³-hybridized carbons (Fsp3) is 0.190. The zero-order chi connectivity index (χ0) is 19.6. The van der Waals surface area contributed by atoms with Gasteiger partial charge in [-0.25, -0.2) is 4.79 Å². The lowest BCUT2D eigenvalue weighted by Crippen LogP contribution is -2.44. The standard InChI is InChI=1S/C21H22N2O4/c1-2-27-19(24)10-6-9-18(20(22)25)23-21(26)17-13-11-16(12-14-17)15-7-4-3-5-8-15/h3-8,10-14,18H,2,9H2,1H3,(H2,22,25)(H,23,26)/b10-6+/t18-/m1/s1. The molecular weight excluding hydrogens is 344 g/mol. The number of hydrogen-bond acceptors (Lipinski definition) is 4. The van der Waals surface area contributed by atoms with Crippen molar-refractivity contribution < 1.29 is 19.1 Å². The van der Waals surface area contributed by atoms with Crippen LogP contribution in [0.25, 0.3) is 11.1 Å². The highest BCUT2D eigenvalue weighted by Gasteiger charge is 2.17. The minimum absolute atomic E-state index is 0.0992. The fourth-order valence-electron chi connectivity index (χ4n) is 2.42. The van der Waals surface area contributed by atoms with E-state index in [0.717, 1.165) is 11.1 Å². The highest BCUT2D eigenvalue weighted by molar-refractivity contribution is 5.97. The molecule has 0 aliphatic rings. The molecule has 27 heavy (non-hydrogen) atoms. The van der Waals surface area contributed by atoms with E-state index in [0.29, 0.717) is 5.56 Å². The van der Waals surface area contributed by atoms with Gasteiger partial charge >= 0.3 is 5.97 Å². The molecule has 0 fully saturated rings. The van der Waals surface area contributed by atoms with Crippen molar-refractivity contribution in [1.82, 2.24) is 5.32 Å². The third kappa shape index (κ3) is 6.11. The highest BCUT2D eigenvalue weighted by Crippen LogP contribution is 2.19. The number of esters is 1. The second-order valence-corrected chi connectivity index (χ2v) is 5.76. The van der Waals surface area contributed by atoms with Crippen LogP contribution in [0, 0.1) is 0 Å². The molecule has 0 saturated carbocycles. The van der Waals surface area contributed by atoms with Gasteiger partial charge in [0.1, 0.15) is 6.04 Å². The Morgan fingerprint density at radius 3 is 2.26 bits per heavy atom. The molecule has 2 aromatic carbocycles. The quantitative estimate of drug-likeness (QED) is 0.554. The first-order valence-corrected chi connectivity index (χ1v) is 8.60. The molecule has 6 nitrogen and oxygen atoms in total. The van der Waals surface area contributed by atoms with E-state index in [1.807, 2.05) is 42.5 Å². The summed E-state index contributed by atoms with van der Waals surface area (Å²) < 4.78 is 4.75. The van der Waals surface area contributed by atoms with E-state index in [4.69, 9.17) is 10.5 Å². The van der Waals surface area contributed by atoms with Gasteiger partial charge in [-0.15, -0.1) is 0 Å². The minimum Gasteiger partial charge on any atom is -0.463 e. The van der Waals surface area contributed by atoms with Crippen molar-refractivity contribution in [2.75, 3.05) is 6.61 Å². The average molecular weight is 366 g/mol. The maximum absolute atomic E-state index is 12.4. The van der Waals surface area contributed by atoms with E-state index in [2.05, 4.69) is 5.32 Å². The third-order valence-electron chi connectivity index (χ3n) is 3.82. The Balaban J connectivity index is 2.00. The molecule has 0 spiro atoms. The molecular formula is C21H22N2O4. The van der Waals surface area contributed by atoms with Gasteiger partial charge in [0.2, 0.25) is 5.91 Å². The lowest BCUT2D eigenvalue weighted by molar-refractivity contribution is -0.137. The first-order valence-electron chi connectivity index (χ1n) is 8.60. The molecule has 0 unspecified atom stereocenters. The Kier molecular flexibility index (Phi) is 7.31. The van der Waals surface area contributed by atoms with Crippen molar-refractivity contribution in [3.8, 4) is 11.1 Å². The van der Waals surface area contributed by atoms with Gasteiger partial charge in [-0.3, -0.25) is 9.59 Å². The van der Waals surface area contributed by atoms with Crippen molar-refractivity contribution in [3.05, 3.63) is 72.3 Å². The molecule has 0 radical (unpaired) electrons. The van der Waals surface area contributed by atoms with Gasteiger partial charge in [0.05, 0.1) is 6.61 Å². The summed E-state index contributed by atoms with van der Waals surface area (Å²) in [6.45, 7) is 1.96. The van der Waals surface area contributed by atoms with Crippen LogP contribution in [-0.2, 0) is 14.3 Å². The van der Waals surface area contributed by atoms with Crippen molar-refractivity contribution in [1.29, 1.82) is 0 Å². The molecule has 0 aliphatic carbocycles. The summed E-state index contributed by atoms with van der Waals surface area (Å²) in [5, 5.41) is 2.58. The van der Waals surface area contributed by atoms with Crippen molar-refractivity contribution in [2.45, 2.75) is 19.4 Å². The third-order valence-corrected chi connectivity index (χ3v) is 3.82. The summed E-state index contributed by atoms with van der Waals surface area (Å²) >= 11 is 0. The summed E-state index contributed by atoms with van der Waals surface area (Å²) in [4.78, 5) is 35.2. The van der Waals surface area contributed by atoms with E-state index in [9.17, 15) is 14.4 Å². The Morgan fingerprint density at radius 2 is 1.67 bits per heavy atom. The number of hydrogen-bond donors (Lipinski definition) is 2. The Morgan fingerprint density at radius 1 is 1.04 bits per heavy atom. The van der Waals surface area contributed by atoms with Crippen LogP contribution in [-0.4, -0.2) is 30.4 Å². The predicted molar refractivity (Wildman–Crippen MR) is 103 cm³/mol. The zero-order valence-corrected chi connectivity index (χ0v) is 15.1. The number of carbonyl (C=O) groups excluding carboxylic acids is 3. The van der Waals surface area contributed by atoms with Crippen LogP contribution in [0.3, 0.4) is 0 Å². The number of benzene rings is 2. The van der Waals surface area contributed by atoms with E-state index < -0.39 is 23.8 Å². The molecule has 0 saturated heterocycles. The Bertz CT molecular complexity index is 814. The van der Waals surface area contributed by atoms with Gasteiger partial charge in [-0.1, -0.05) is 48.5 Å². The normalized spacial score (nSPS) is 11.7. The summed E-state index contributed by atoms with van der Waals surface area (Å²) in [6.07, 6.45) is 2.76. The maximum Gasteiger partial charge on any atom is 0.330 e. The molecule has 0 heterocycles. The van der Waals surface area contributed by atoms with Crippen LogP contribution in [0.5, 0.6) is 0 Å². The Labute approximate surface area is 158 Å². The molecule has 2 amide bonds. The number of rotatable bonds is 8. The lowest BCUT2D eigenvalue weighted by Gasteiger charge is -2.14. The topological polar surface area (TPSA) is 98.5 Å². The van der Waals surface area contributed by atoms with E-state index >= 15 is 0 Å². The SMILES string of the molecule is CCOC(=O)/C=C/C[C@@H](NC(=O)c1ccc(-c2ccccc2)cc1)C(N)=O. The van der Waals surface area contributed by atoms with Crippen molar-refractivity contribution in [3.63, 3.8) is 0 Å². The van der Waals surface area contributed by atoms with Gasteiger partial charge in [-0.2, -0.15) is 0 Å². The average Bonchev–Trinajstić information content (AvgIpc) is 2.68.